The van der Waals surface area contributed by atoms with Crippen molar-refractivity contribution in [2.45, 2.75) is 51.5 Å². The summed E-state index contributed by atoms with van der Waals surface area (Å²) in [7, 11) is 0. The van der Waals surface area contributed by atoms with Gasteiger partial charge in [-0.05, 0) is 0 Å². The molecule has 0 bridgehead atoms. The minimum absolute atomic E-state index is 0.338. The Hall–Kier alpha value is -1.71. The van der Waals surface area contributed by atoms with Crippen LogP contribution in [0.15, 0.2) is 0 Å². The Kier molecular flexibility index (Phi) is 6.06. The van der Waals surface area contributed by atoms with E-state index in [0.29, 0.717) is 0 Å². The van der Waals surface area contributed by atoms with Crippen molar-refractivity contribution in [1.82, 2.24) is 0 Å². The standard InChI is InChI=1S/C12H18O9/c1-5(13)18-4-8-10(19-6(2)14)11(20-7(3)15)9(16)12(17)21-8/h8-12,16-17H,4H2,1-3H3/t8-,9+,10-,11-,12-/m1/s1. The second kappa shape index (κ2) is 7.34. The normalized spacial score (nSPS) is 32.1. The fourth-order valence-electron chi connectivity index (χ4n) is 1.90. The van der Waals surface area contributed by atoms with Gasteiger partial charge in [0.05, 0.1) is 0 Å². The monoisotopic (exact) mass is 306 g/mol. The molecule has 5 atom stereocenters. The van der Waals surface area contributed by atoms with Gasteiger partial charge >= 0.3 is 17.9 Å². The van der Waals surface area contributed by atoms with E-state index in [4.69, 9.17) is 18.9 Å². The van der Waals surface area contributed by atoms with E-state index in [1.165, 1.54) is 6.92 Å². The van der Waals surface area contributed by atoms with Crippen LogP contribution in [0.5, 0.6) is 0 Å². The zero-order chi connectivity index (χ0) is 16.2. The van der Waals surface area contributed by atoms with Crippen molar-refractivity contribution in [3.05, 3.63) is 0 Å². The molecule has 120 valence electrons. The summed E-state index contributed by atoms with van der Waals surface area (Å²) in [6.07, 6.45) is -6.92. The molecule has 1 fully saturated rings. The summed E-state index contributed by atoms with van der Waals surface area (Å²) in [6.45, 7) is 3.04. The maximum absolute atomic E-state index is 11.1. The lowest BCUT2D eigenvalue weighted by Crippen LogP contribution is -2.61. The van der Waals surface area contributed by atoms with Gasteiger partial charge in [-0.15, -0.1) is 0 Å². The number of hydrogen-bond donors (Lipinski definition) is 2. The van der Waals surface area contributed by atoms with Crippen LogP contribution in [0, 0.1) is 0 Å². The third-order valence-electron chi connectivity index (χ3n) is 2.69. The van der Waals surface area contributed by atoms with Crippen LogP contribution in [0.2, 0.25) is 0 Å². The van der Waals surface area contributed by atoms with Crippen LogP contribution < -0.4 is 0 Å². The third-order valence-corrected chi connectivity index (χ3v) is 2.69. The van der Waals surface area contributed by atoms with Crippen molar-refractivity contribution in [2.24, 2.45) is 0 Å². The first kappa shape index (κ1) is 17.3. The van der Waals surface area contributed by atoms with Crippen LogP contribution in [0.25, 0.3) is 0 Å². The van der Waals surface area contributed by atoms with Gasteiger partial charge in [0.2, 0.25) is 0 Å². The average Bonchev–Trinajstić information content (AvgIpc) is 2.35. The van der Waals surface area contributed by atoms with Crippen LogP contribution in [0.3, 0.4) is 0 Å². The zero-order valence-electron chi connectivity index (χ0n) is 11.8. The van der Waals surface area contributed by atoms with E-state index in [9.17, 15) is 24.6 Å². The largest absolute Gasteiger partial charge is 0.463 e. The summed E-state index contributed by atoms with van der Waals surface area (Å²) < 4.78 is 19.6. The second-order valence-electron chi connectivity index (χ2n) is 4.51. The predicted molar refractivity (Wildman–Crippen MR) is 64.6 cm³/mol. The molecule has 1 aliphatic rings. The number of esters is 3. The molecule has 0 aromatic carbocycles. The Bertz CT molecular complexity index is 408. The molecule has 0 saturated carbocycles. The number of ether oxygens (including phenoxy) is 4. The Labute approximate surface area is 120 Å². The van der Waals surface area contributed by atoms with Crippen LogP contribution in [0.1, 0.15) is 20.8 Å². The highest BCUT2D eigenvalue weighted by atomic mass is 16.7. The first-order valence-corrected chi connectivity index (χ1v) is 6.21. The van der Waals surface area contributed by atoms with Gasteiger partial charge < -0.3 is 29.2 Å². The molecule has 0 aromatic rings. The molecule has 9 nitrogen and oxygen atoms in total. The maximum Gasteiger partial charge on any atom is 0.303 e. The molecule has 21 heavy (non-hydrogen) atoms. The molecule has 1 saturated heterocycles. The molecule has 1 aliphatic heterocycles. The van der Waals surface area contributed by atoms with E-state index >= 15 is 0 Å². The number of aliphatic hydroxyl groups is 2. The van der Waals surface area contributed by atoms with Crippen molar-refractivity contribution in [1.29, 1.82) is 0 Å². The summed E-state index contributed by atoms with van der Waals surface area (Å²) in [6, 6.07) is 0. The molecule has 0 amide bonds. The Morgan fingerprint density at radius 1 is 0.952 bits per heavy atom. The van der Waals surface area contributed by atoms with Gasteiger partial charge in [-0.25, -0.2) is 0 Å². The van der Waals surface area contributed by atoms with Crippen LogP contribution in [-0.4, -0.2) is 65.4 Å². The van der Waals surface area contributed by atoms with Crippen molar-refractivity contribution in [3.8, 4) is 0 Å². The topological polar surface area (TPSA) is 129 Å². The van der Waals surface area contributed by atoms with Gasteiger partial charge in [0.15, 0.2) is 18.5 Å². The molecule has 0 spiro atoms. The van der Waals surface area contributed by atoms with E-state index in [2.05, 4.69) is 0 Å². The first-order chi connectivity index (χ1) is 9.72. The SMILES string of the molecule is CC(=O)OC[C@H]1O[C@@H](O)[C@@H](O)[C@@H](OC(C)=O)[C@@H]1OC(C)=O. The number of aliphatic hydroxyl groups excluding tert-OH is 2. The van der Waals surface area contributed by atoms with Crippen LogP contribution in [-0.2, 0) is 33.3 Å². The lowest BCUT2D eigenvalue weighted by molar-refractivity contribution is -0.293. The van der Waals surface area contributed by atoms with Crippen LogP contribution in [0.4, 0.5) is 0 Å². The maximum atomic E-state index is 11.1. The zero-order valence-corrected chi connectivity index (χ0v) is 11.8. The van der Waals surface area contributed by atoms with E-state index in [1.54, 1.807) is 0 Å². The van der Waals surface area contributed by atoms with E-state index < -0.39 is 48.6 Å². The van der Waals surface area contributed by atoms with Gasteiger partial charge in [0.1, 0.15) is 18.8 Å². The minimum atomic E-state index is -1.68. The van der Waals surface area contributed by atoms with E-state index in [1.807, 2.05) is 0 Å². The van der Waals surface area contributed by atoms with Gasteiger partial charge in [-0.2, -0.15) is 0 Å². The lowest BCUT2D eigenvalue weighted by atomic mass is 9.98. The summed E-state index contributed by atoms with van der Waals surface area (Å²) in [5.74, 6) is -2.06. The van der Waals surface area contributed by atoms with Crippen molar-refractivity contribution in [3.63, 3.8) is 0 Å². The predicted octanol–water partition coefficient (Wildman–Crippen LogP) is -1.51. The molecular formula is C12H18O9. The molecule has 9 heteroatoms. The molecular weight excluding hydrogens is 288 g/mol. The number of carbonyl (C=O) groups excluding carboxylic acids is 3. The quantitative estimate of drug-likeness (QED) is 0.470. The lowest BCUT2D eigenvalue weighted by Gasteiger charge is -2.41. The van der Waals surface area contributed by atoms with Gasteiger partial charge in [0.25, 0.3) is 0 Å². The fraction of sp³-hybridized carbons (Fsp3) is 0.750. The Morgan fingerprint density at radius 3 is 1.95 bits per heavy atom. The average molecular weight is 306 g/mol. The van der Waals surface area contributed by atoms with Crippen LogP contribution >= 0.6 is 0 Å². The van der Waals surface area contributed by atoms with E-state index in [0.717, 1.165) is 13.8 Å². The smallest absolute Gasteiger partial charge is 0.303 e. The minimum Gasteiger partial charge on any atom is -0.463 e. The highest BCUT2D eigenvalue weighted by Gasteiger charge is 2.49. The summed E-state index contributed by atoms with van der Waals surface area (Å²) >= 11 is 0. The summed E-state index contributed by atoms with van der Waals surface area (Å²) in [5, 5.41) is 19.4. The molecule has 0 radical (unpaired) electrons. The molecule has 1 heterocycles. The first-order valence-electron chi connectivity index (χ1n) is 6.21. The highest BCUT2D eigenvalue weighted by Crippen LogP contribution is 2.25. The van der Waals surface area contributed by atoms with Gasteiger partial charge in [-0.3, -0.25) is 14.4 Å². The fourth-order valence-corrected chi connectivity index (χ4v) is 1.90. The Balaban J connectivity index is 2.94. The number of carbonyl (C=O) groups is 3. The number of rotatable bonds is 4. The second-order valence-corrected chi connectivity index (χ2v) is 4.51. The summed E-state index contributed by atoms with van der Waals surface area (Å²) in [4.78, 5) is 33.1. The molecule has 1 rings (SSSR count). The van der Waals surface area contributed by atoms with Crippen molar-refractivity contribution < 1.29 is 43.5 Å². The third kappa shape index (κ3) is 4.96. The Morgan fingerprint density at radius 2 is 1.48 bits per heavy atom. The highest BCUT2D eigenvalue weighted by molar-refractivity contribution is 5.67. The van der Waals surface area contributed by atoms with Crippen molar-refractivity contribution >= 4 is 17.9 Å². The molecule has 0 aliphatic carbocycles. The molecule has 2 N–H and O–H groups in total. The van der Waals surface area contributed by atoms with E-state index in [-0.39, 0.29) is 6.61 Å². The number of hydrogen-bond acceptors (Lipinski definition) is 9. The molecule has 0 aromatic heterocycles. The molecule has 0 unspecified atom stereocenters. The van der Waals surface area contributed by atoms with Crippen molar-refractivity contribution in [2.75, 3.05) is 6.61 Å². The summed E-state index contributed by atoms with van der Waals surface area (Å²) in [5.41, 5.74) is 0. The van der Waals surface area contributed by atoms with Gasteiger partial charge in [0, 0.05) is 20.8 Å². The van der Waals surface area contributed by atoms with Gasteiger partial charge in [-0.1, -0.05) is 0 Å².